The maximum Gasteiger partial charge on any atom is 0.256 e. The average molecular weight is 270 g/mol. The van der Waals surface area contributed by atoms with E-state index in [1.807, 2.05) is 41.4 Å². The number of benzene rings is 1. The lowest BCUT2D eigenvalue weighted by atomic mass is 10.0. The molecule has 1 aromatic heterocycles. The quantitative estimate of drug-likeness (QED) is 0.898. The summed E-state index contributed by atoms with van der Waals surface area (Å²) in [7, 11) is 0. The Hall–Kier alpha value is -2.14. The Bertz CT molecular complexity index is 594. The monoisotopic (exact) mass is 270 g/mol. The molecule has 0 unspecified atom stereocenters. The number of amides is 1. The maximum atomic E-state index is 12.7. The second-order valence-electron chi connectivity index (χ2n) is 5.12. The summed E-state index contributed by atoms with van der Waals surface area (Å²) in [5.41, 5.74) is 7.44. The van der Waals surface area contributed by atoms with Crippen LogP contribution in [0.1, 0.15) is 23.2 Å². The van der Waals surface area contributed by atoms with Gasteiger partial charge in [0.25, 0.3) is 5.91 Å². The minimum Gasteiger partial charge on any atom is -0.337 e. The molecule has 1 amide bonds. The van der Waals surface area contributed by atoms with Crippen LogP contribution >= 0.6 is 0 Å². The molecule has 2 heterocycles. The molecule has 1 aliphatic heterocycles. The fourth-order valence-corrected chi connectivity index (χ4v) is 2.63. The van der Waals surface area contributed by atoms with Gasteiger partial charge in [0.1, 0.15) is 0 Å². The Kier molecular flexibility index (Phi) is 3.52. The van der Waals surface area contributed by atoms with Gasteiger partial charge in [-0.15, -0.1) is 0 Å². The van der Waals surface area contributed by atoms with Crippen LogP contribution in [0.25, 0.3) is 5.69 Å². The van der Waals surface area contributed by atoms with Crippen molar-refractivity contribution in [2.45, 2.75) is 18.9 Å². The maximum absolute atomic E-state index is 12.7. The zero-order valence-corrected chi connectivity index (χ0v) is 11.3. The van der Waals surface area contributed by atoms with E-state index >= 15 is 0 Å². The smallest absolute Gasteiger partial charge is 0.256 e. The van der Waals surface area contributed by atoms with E-state index in [2.05, 4.69) is 5.10 Å². The summed E-state index contributed by atoms with van der Waals surface area (Å²) in [5.74, 6) is 0.0336. The average Bonchev–Trinajstić information content (AvgIpc) is 3.00. The van der Waals surface area contributed by atoms with Crippen molar-refractivity contribution in [1.82, 2.24) is 14.7 Å². The molecule has 2 aromatic rings. The lowest BCUT2D eigenvalue weighted by Crippen LogP contribution is -2.45. The van der Waals surface area contributed by atoms with E-state index in [1.54, 1.807) is 10.9 Å². The van der Waals surface area contributed by atoms with Crippen LogP contribution < -0.4 is 5.73 Å². The first-order chi connectivity index (χ1) is 9.75. The first kappa shape index (κ1) is 12.9. The largest absolute Gasteiger partial charge is 0.337 e. The molecule has 0 saturated carbocycles. The van der Waals surface area contributed by atoms with Gasteiger partial charge in [0.05, 0.1) is 11.3 Å². The van der Waals surface area contributed by atoms with Crippen LogP contribution in [0, 0.1) is 0 Å². The number of aromatic nitrogens is 2. The number of nitrogens with zero attached hydrogens (tertiary/aromatic N) is 3. The predicted octanol–water partition coefficient (Wildman–Crippen LogP) is 1.44. The Balaban J connectivity index is 1.92. The fourth-order valence-electron chi connectivity index (χ4n) is 2.63. The van der Waals surface area contributed by atoms with Crippen LogP contribution in [0.5, 0.6) is 0 Å². The molecule has 0 spiro atoms. The van der Waals surface area contributed by atoms with Gasteiger partial charge in [-0.25, -0.2) is 4.68 Å². The number of rotatable bonds is 2. The van der Waals surface area contributed by atoms with E-state index < -0.39 is 0 Å². The van der Waals surface area contributed by atoms with Crippen LogP contribution in [0.4, 0.5) is 0 Å². The van der Waals surface area contributed by atoms with Gasteiger partial charge in [-0.05, 0) is 31.0 Å². The van der Waals surface area contributed by atoms with Gasteiger partial charge >= 0.3 is 0 Å². The molecule has 3 rings (SSSR count). The highest BCUT2D eigenvalue weighted by atomic mass is 16.2. The molecule has 20 heavy (non-hydrogen) atoms. The van der Waals surface area contributed by atoms with Crippen LogP contribution in [0.3, 0.4) is 0 Å². The summed E-state index contributed by atoms with van der Waals surface area (Å²) in [6.07, 6.45) is 5.51. The molecule has 0 bridgehead atoms. The summed E-state index contributed by atoms with van der Waals surface area (Å²) in [6.45, 7) is 1.41. The minimum absolute atomic E-state index is 0.0336. The van der Waals surface area contributed by atoms with E-state index in [4.69, 9.17) is 5.73 Å². The van der Waals surface area contributed by atoms with E-state index in [0.717, 1.165) is 25.1 Å². The molecule has 5 heteroatoms. The van der Waals surface area contributed by atoms with Gasteiger partial charge in [-0.1, -0.05) is 12.1 Å². The van der Waals surface area contributed by atoms with Crippen LogP contribution in [-0.2, 0) is 0 Å². The lowest BCUT2D eigenvalue weighted by molar-refractivity contribution is 0.0708. The van der Waals surface area contributed by atoms with Crippen molar-refractivity contribution in [2.75, 3.05) is 13.1 Å². The Morgan fingerprint density at radius 3 is 2.90 bits per heavy atom. The molecule has 1 saturated heterocycles. The van der Waals surface area contributed by atoms with Gasteiger partial charge in [0.2, 0.25) is 0 Å². The number of carbonyl (C=O) groups is 1. The van der Waals surface area contributed by atoms with Crippen LogP contribution in [-0.4, -0.2) is 39.7 Å². The Morgan fingerprint density at radius 1 is 1.30 bits per heavy atom. The third-order valence-electron chi connectivity index (χ3n) is 3.63. The molecular weight excluding hydrogens is 252 g/mol. The van der Waals surface area contributed by atoms with Crippen molar-refractivity contribution in [2.24, 2.45) is 5.73 Å². The van der Waals surface area contributed by atoms with Gasteiger partial charge < -0.3 is 10.6 Å². The van der Waals surface area contributed by atoms with E-state index in [1.165, 1.54) is 0 Å². The number of carbonyl (C=O) groups excluding carboxylic acids is 1. The van der Waals surface area contributed by atoms with Crippen molar-refractivity contribution >= 4 is 5.91 Å². The molecule has 0 aliphatic carbocycles. The molecule has 2 N–H and O–H groups in total. The van der Waals surface area contributed by atoms with Gasteiger partial charge in [-0.2, -0.15) is 5.10 Å². The van der Waals surface area contributed by atoms with Gasteiger partial charge in [-0.3, -0.25) is 4.79 Å². The third-order valence-corrected chi connectivity index (χ3v) is 3.63. The molecule has 1 fully saturated rings. The topological polar surface area (TPSA) is 64.2 Å². The molecule has 1 atom stereocenters. The van der Waals surface area contributed by atoms with Crippen molar-refractivity contribution in [3.63, 3.8) is 0 Å². The van der Waals surface area contributed by atoms with E-state index in [9.17, 15) is 4.79 Å². The summed E-state index contributed by atoms with van der Waals surface area (Å²) in [6, 6.07) is 9.48. The number of piperidine rings is 1. The van der Waals surface area contributed by atoms with Gasteiger partial charge in [0.15, 0.2) is 0 Å². The summed E-state index contributed by atoms with van der Waals surface area (Å²) >= 11 is 0. The highest BCUT2D eigenvalue weighted by Gasteiger charge is 2.24. The third kappa shape index (κ3) is 2.44. The van der Waals surface area contributed by atoms with Crippen molar-refractivity contribution in [3.05, 3.63) is 48.3 Å². The number of hydrogen-bond donors (Lipinski definition) is 1. The summed E-state index contributed by atoms with van der Waals surface area (Å²) < 4.78 is 1.72. The zero-order chi connectivity index (χ0) is 13.9. The SMILES string of the molecule is N[C@@H]1CCCN(C(=O)c2ccccc2-n2cccn2)C1. The normalized spacial score (nSPS) is 19.1. The van der Waals surface area contributed by atoms with Gasteiger partial charge in [0, 0.05) is 31.5 Å². The molecule has 5 nitrogen and oxygen atoms in total. The van der Waals surface area contributed by atoms with Crippen LogP contribution in [0.2, 0.25) is 0 Å². The highest BCUT2D eigenvalue weighted by Crippen LogP contribution is 2.18. The molecular formula is C15H18N4O. The van der Waals surface area contributed by atoms with Crippen molar-refractivity contribution in [1.29, 1.82) is 0 Å². The van der Waals surface area contributed by atoms with Crippen molar-refractivity contribution in [3.8, 4) is 5.69 Å². The second kappa shape index (κ2) is 5.46. The predicted molar refractivity (Wildman–Crippen MR) is 76.7 cm³/mol. The molecule has 1 aromatic carbocycles. The van der Waals surface area contributed by atoms with E-state index in [0.29, 0.717) is 12.1 Å². The second-order valence-corrected chi connectivity index (χ2v) is 5.12. The summed E-state index contributed by atoms with van der Waals surface area (Å²) in [4.78, 5) is 14.5. The first-order valence-corrected chi connectivity index (χ1v) is 6.89. The Labute approximate surface area is 118 Å². The first-order valence-electron chi connectivity index (χ1n) is 6.89. The number of nitrogens with two attached hydrogens (primary N) is 1. The van der Waals surface area contributed by atoms with Crippen molar-refractivity contribution < 1.29 is 4.79 Å². The molecule has 0 radical (unpaired) electrons. The van der Waals surface area contributed by atoms with E-state index in [-0.39, 0.29) is 11.9 Å². The molecule has 104 valence electrons. The molecule has 1 aliphatic rings. The highest BCUT2D eigenvalue weighted by molar-refractivity contribution is 5.97. The number of likely N-dealkylation sites (tertiary alicyclic amines) is 1. The fraction of sp³-hybridized carbons (Fsp3) is 0.333. The van der Waals surface area contributed by atoms with Crippen LogP contribution in [0.15, 0.2) is 42.7 Å². The Morgan fingerprint density at radius 2 is 2.15 bits per heavy atom. The minimum atomic E-state index is 0.0336. The number of hydrogen-bond acceptors (Lipinski definition) is 3. The summed E-state index contributed by atoms with van der Waals surface area (Å²) in [5, 5.41) is 4.21. The standard InChI is InChI=1S/C15H18N4O/c16-12-5-3-9-18(11-12)15(20)13-6-1-2-7-14(13)19-10-4-8-17-19/h1-2,4,6-8,10,12H,3,5,9,11,16H2/t12-/m1/s1. The zero-order valence-electron chi connectivity index (χ0n) is 11.3. The lowest BCUT2D eigenvalue weighted by Gasteiger charge is -2.31. The number of para-hydroxylation sites is 1.